The summed E-state index contributed by atoms with van der Waals surface area (Å²) in [6, 6.07) is 10.9. The fourth-order valence-electron chi connectivity index (χ4n) is 2.32. The van der Waals surface area contributed by atoms with Crippen LogP contribution in [0.5, 0.6) is 0 Å². The summed E-state index contributed by atoms with van der Waals surface area (Å²) in [4.78, 5) is 0. The summed E-state index contributed by atoms with van der Waals surface area (Å²) in [5.41, 5.74) is 2.72. The Morgan fingerprint density at radius 2 is 2.17 bits per heavy atom. The highest BCUT2D eigenvalue weighted by Crippen LogP contribution is 2.20. The fraction of sp³-hybridized carbons (Fsp3) is 0.375. The second-order valence-electron chi connectivity index (χ2n) is 4.56. The summed E-state index contributed by atoms with van der Waals surface area (Å²) < 4.78 is 2.43. The molecule has 0 atom stereocenters. The number of unbranched alkanes of at least 4 members (excludes halogenated alkanes) is 1. The van der Waals surface area contributed by atoms with E-state index < -0.39 is 0 Å². The number of aryl methyl sites for hydroxylation is 1. The number of para-hydroxylation sites is 1. The van der Waals surface area contributed by atoms with Crippen LogP contribution in [0.15, 0.2) is 43.0 Å². The smallest absolute Gasteiger partial charge is 0.0482 e. The summed E-state index contributed by atoms with van der Waals surface area (Å²) in [5, 5.41) is 4.75. The summed E-state index contributed by atoms with van der Waals surface area (Å²) in [6.07, 6.45) is 4.23. The van der Waals surface area contributed by atoms with Crippen LogP contribution in [0.25, 0.3) is 10.9 Å². The highest BCUT2D eigenvalue weighted by Gasteiger charge is 2.07. The molecule has 0 aliphatic heterocycles. The minimum atomic E-state index is 0.944. The number of fused-ring (bicyclic) bond motifs is 1. The Bertz CT molecular complexity index is 511. The third-order valence-electron chi connectivity index (χ3n) is 3.24. The Hall–Kier alpha value is -1.54. The molecule has 1 aromatic heterocycles. The van der Waals surface area contributed by atoms with Crippen molar-refractivity contribution >= 4 is 10.9 Å². The lowest BCUT2D eigenvalue weighted by Gasteiger charge is -2.10. The highest BCUT2D eigenvalue weighted by atomic mass is 15.0. The average molecular weight is 242 g/mol. The number of allylic oxidation sites excluding steroid dienone is 1. The minimum absolute atomic E-state index is 0.944. The van der Waals surface area contributed by atoms with Crippen LogP contribution >= 0.6 is 0 Å². The first-order chi connectivity index (χ1) is 8.86. The van der Waals surface area contributed by atoms with Crippen LogP contribution in [0.2, 0.25) is 0 Å². The van der Waals surface area contributed by atoms with Crippen molar-refractivity contribution in [2.24, 2.45) is 0 Å². The van der Waals surface area contributed by atoms with E-state index in [1.165, 1.54) is 16.6 Å². The topological polar surface area (TPSA) is 17.0 Å². The van der Waals surface area contributed by atoms with Gasteiger partial charge < -0.3 is 9.88 Å². The Labute approximate surface area is 109 Å². The van der Waals surface area contributed by atoms with Crippen molar-refractivity contribution in [3.05, 3.63) is 48.7 Å². The second-order valence-corrected chi connectivity index (χ2v) is 4.56. The molecule has 0 amide bonds. The van der Waals surface area contributed by atoms with Gasteiger partial charge in [-0.15, -0.1) is 6.58 Å². The Kier molecular flexibility index (Phi) is 4.59. The van der Waals surface area contributed by atoms with Gasteiger partial charge in [-0.3, -0.25) is 0 Å². The van der Waals surface area contributed by atoms with Gasteiger partial charge in [0.15, 0.2) is 0 Å². The molecule has 2 heteroatoms. The molecule has 0 unspecified atom stereocenters. The van der Waals surface area contributed by atoms with Gasteiger partial charge >= 0.3 is 0 Å². The van der Waals surface area contributed by atoms with Gasteiger partial charge in [0, 0.05) is 24.3 Å². The standard InChI is InChI=1S/C16H22N2/c1-3-5-8-11-18-15(13-17-4-2)12-14-9-6-7-10-16(14)18/h3,6-7,9-10,12,17H,1,4-5,8,11,13H2,2H3. The van der Waals surface area contributed by atoms with Gasteiger partial charge in [0.05, 0.1) is 0 Å². The first kappa shape index (κ1) is 12.9. The zero-order chi connectivity index (χ0) is 12.8. The molecule has 0 radical (unpaired) electrons. The number of aromatic nitrogens is 1. The predicted octanol–water partition coefficient (Wildman–Crippen LogP) is 3.72. The van der Waals surface area contributed by atoms with Crippen LogP contribution in [0.1, 0.15) is 25.5 Å². The van der Waals surface area contributed by atoms with E-state index in [-0.39, 0.29) is 0 Å². The second kappa shape index (κ2) is 6.41. The first-order valence-corrected chi connectivity index (χ1v) is 6.75. The van der Waals surface area contributed by atoms with Gasteiger partial charge in [-0.2, -0.15) is 0 Å². The van der Waals surface area contributed by atoms with Crippen molar-refractivity contribution in [3.63, 3.8) is 0 Å². The molecule has 0 bridgehead atoms. The molecule has 0 spiro atoms. The Morgan fingerprint density at radius 1 is 1.33 bits per heavy atom. The quantitative estimate of drug-likeness (QED) is 0.578. The van der Waals surface area contributed by atoms with Crippen LogP contribution in [-0.4, -0.2) is 11.1 Å². The van der Waals surface area contributed by atoms with Crippen molar-refractivity contribution in [2.45, 2.75) is 32.9 Å². The van der Waals surface area contributed by atoms with Crippen LogP contribution < -0.4 is 5.32 Å². The van der Waals surface area contributed by atoms with Gasteiger partial charge in [-0.05, 0) is 36.9 Å². The Balaban J connectivity index is 2.28. The average Bonchev–Trinajstić information content (AvgIpc) is 2.75. The lowest BCUT2D eigenvalue weighted by Crippen LogP contribution is -2.15. The minimum Gasteiger partial charge on any atom is -0.343 e. The number of hydrogen-bond acceptors (Lipinski definition) is 1. The fourth-order valence-corrected chi connectivity index (χ4v) is 2.32. The zero-order valence-corrected chi connectivity index (χ0v) is 11.2. The predicted molar refractivity (Wildman–Crippen MR) is 78.7 cm³/mol. The molecule has 0 saturated carbocycles. The molecule has 0 saturated heterocycles. The van der Waals surface area contributed by atoms with Crippen LogP contribution in [0.3, 0.4) is 0 Å². The van der Waals surface area contributed by atoms with E-state index in [9.17, 15) is 0 Å². The molecule has 0 aliphatic carbocycles. The van der Waals surface area contributed by atoms with Crippen molar-refractivity contribution in [1.82, 2.24) is 9.88 Å². The largest absolute Gasteiger partial charge is 0.343 e. The van der Waals surface area contributed by atoms with E-state index in [2.05, 4.69) is 53.7 Å². The Morgan fingerprint density at radius 3 is 2.94 bits per heavy atom. The van der Waals surface area contributed by atoms with E-state index in [1.807, 2.05) is 6.08 Å². The molecule has 0 fully saturated rings. The maximum Gasteiger partial charge on any atom is 0.0482 e. The molecule has 2 aromatic rings. The maximum atomic E-state index is 3.79. The third-order valence-corrected chi connectivity index (χ3v) is 3.24. The van der Waals surface area contributed by atoms with E-state index in [1.54, 1.807) is 0 Å². The van der Waals surface area contributed by atoms with Crippen molar-refractivity contribution in [1.29, 1.82) is 0 Å². The van der Waals surface area contributed by atoms with Gasteiger partial charge in [0.1, 0.15) is 0 Å². The molecule has 2 rings (SSSR count). The first-order valence-electron chi connectivity index (χ1n) is 6.75. The summed E-state index contributed by atoms with van der Waals surface area (Å²) in [5.74, 6) is 0. The number of nitrogens with one attached hydrogen (secondary N) is 1. The number of nitrogens with zero attached hydrogens (tertiary/aromatic N) is 1. The number of hydrogen-bond donors (Lipinski definition) is 1. The van der Waals surface area contributed by atoms with E-state index in [4.69, 9.17) is 0 Å². The maximum absolute atomic E-state index is 3.79. The lowest BCUT2D eigenvalue weighted by molar-refractivity contribution is 0.611. The molecule has 1 heterocycles. The third kappa shape index (κ3) is 2.82. The molecule has 0 aliphatic rings. The van der Waals surface area contributed by atoms with Crippen molar-refractivity contribution < 1.29 is 0 Å². The zero-order valence-electron chi connectivity index (χ0n) is 11.2. The SMILES string of the molecule is C=CCCCn1c(CNCC)cc2ccccc21. The molecule has 18 heavy (non-hydrogen) atoms. The van der Waals surface area contributed by atoms with Gasteiger partial charge in [0.2, 0.25) is 0 Å². The van der Waals surface area contributed by atoms with Gasteiger partial charge in [0.25, 0.3) is 0 Å². The van der Waals surface area contributed by atoms with E-state index in [0.29, 0.717) is 0 Å². The molecular weight excluding hydrogens is 220 g/mol. The van der Waals surface area contributed by atoms with Crippen molar-refractivity contribution in [3.8, 4) is 0 Å². The summed E-state index contributed by atoms with van der Waals surface area (Å²) >= 11 is 0. The molecular formula is C16H22N2. The van der Waals surface area contributed by atoms with Crippen LogP contribution in [-0.2, 0) is 13.1 Å². The van der Waals surface area contributed by atoms with Crippen molar-refractivity contribution in [2.75, 3.05) is 6.54 Å². The lowest BCUT2D eigenvalue weighted by atomic mass is 10.2. The van der Waals surface area contributed by atoms with Gasteiger partial charge in [-0.1, -0.05) is 31.2 Å². The molecule has 96 valence electrons. The van der Waals surface area contributed by atoms with E-state index >= 15 is 0 Å². The molecule has 1 N–H and O–H groups in total. The van der Waals surface area contributed by atoms with Gasteiger partial charge in [-0.25, -0.2) is 0 Å². The number of benzene rings is 1. The normalized spacial score (nSPS) is 10.9. The number of rotatable bonds is 7. The molecule has 1 aromatic carbocycles. The van der Waals surface area contributed by atoms with Crippen LogP contribution in [0.4, 0.5) is 0 Å². The van der Waals surface area contributed by atoms with E-state index in [0.717, 1.165) is 32.5 Å². The highest BCUT2D eigenvalue weighted by molar-refractivity contribution is 5.81. The van der Waals surface area contributed by atoms with Crippen LogP contribution in [0, 0.1) is 0 Å². The molecule has 2 nitrogen and oxygen atoms in total. The summed E-state index contributed by atoms with van der Waals surface area (Å²) in [6.45, 7) is 8.96. The summed E-state index contributed by atoms with van der Waals surface area (Å²) in [7, 11) is 0. The monoisotopic (exact) mass is 242 g/mol.